The van der Waals surface area contributed by atoms with E-state index < -0.39 is 5.60 Å². The van der Waals surface area contributed by atoms with Crippen LogP contribution in [0, 0.1) is 0 Å². The Morgan fingerprint density at radius 1 is 1.42 bits per heavy atom. The fourth-order valence-electron chi connectivity index (χ4n) is 2.76. The van der Waals surface area contributed by atoms with Crippen molar-refractivity contribution < 1.29 is 9.84 Å². The first-order chi connectivity index (χ1) is 9.07. The molecule has 2 rings (SSSR count). The smallest absolute Gasteiger partial charge is 0.125 e. The van der Waals surface area contributed by atoms with Crippen LogP contribution in [0.3, 0.4) is 0 Å². The van der Waals surface area contributed by atoms with Gasteiger partial charge in [-0.05, 0) is 39.3 Å². The Morgan fingerprint density at radius 2 is 2.16 bits per heavy atom. The lowest BCUT2D eigenvalue weighted by Crippen LogP contribution is -2.46. The molecule has 106 valence electrons. The molecule has 0 amide bonds. The Kier molecular flexibility index (Phi) is 4.48. The van der Waals surface area contributed by atoms with E-state index in [4.69, 9.17) is 4.74 Å². The summed E-state index contributed by atoms with van der Waals surface area (Å²) in [5.41, 5.74) is 0.194. The van der Waals surface area contributed by atoms with E-state index in [9.17, 15) is 5.11 Å². The van der Waals surface area contributed by atoms with Gasteiger partial charge in [0.25, 0.3) is 0 Å². The van der Waals surface area contributed by atoms with Crippen LogP contribution in [0.4, 0.5) is 0 Å². The maximum absolute atomic E-state index is 11.0. The predicted octanol–water partition coefficient (Wildman–Crippen LogP) is 2.78. The second-order valence-corrected chi connectivity index (χ2v) is 5.66. The van der Waals surface area contributed by atoms with Crippen molar-refractivity contribution in [3.63, 3.8) is 0 Å². The summed E-state index contributed by atoms with van der Waals surface area (Å²) in [5, 5.41) is 11.0. The molecule has 0 bridgehead atoms. The second kappa shape index (κ2) is 5.93. The van der Waals surface area contributed by atoms with Crippen molar-refractivity contribution in [3.8, 4) is 5.75 Å². The zero-order valence-electron chi connectivity index (χ0n) is 12.2. The zero-order valence-corrected chi connectivity index (χ0v) is 12.2. The van der Waals surface area contributed by atoms with Gasteiger partial charge in [0, 0.05) is 18.2 Å². The van der Waals surface area contributed by atoms with E-state index >= 15 is 0 Å². The molecule has 2 unspecified atom stereocenters. The number of aliphatic hydroxyl groups is 1. The molecule has 1 saturated heterocycles. The van der Waals surface area contributed by atoms with E-state index in [0.717, 1.165) is 37.1 Å². The van der Waals surface area contributed by atoms with Crippen molar-refractivity contribution in [2.24, 2.45) is 0 Å². The van der Waals surface area contributed by atoms with Crippen LogP contribution in [0.15, 0.2) is 24.3 Å². The normalized spacial score (nSPS) is 28.3. The first-order valence-electron chi connectivity index (χ1n) is 7.22. The molecule has 0 aromatic heterocycles. The third kappa shape index (κ3) is 3.10. The summed E-state index contributed by atoms with van der Waals surface area (Å²) >= 11 is 0. The van der Waals surface area contributed by atoms with E-state index in [0.29, 0.717) is 12.6 Å². The molecular weight excluding hydrogens is 238 g/mol. The maximum atomic E-state index is 11.0. The lowest BCUT2D eigenvalue weighted by Gasteiger charge is -2.41. The summed E-state index contributed by atoms with van der Waals surface area (Å²) in [7, 11) is 2.11. The van der Waals surface area contributed by atoms with Crippen LogP contribution in [0.2, 0.25) is 0 Å². The SMILES string of the molecule is CCCOc1ccccc1C1(O)CCN(C)C(C)C1. The first kappa shape index (κ1) is 14.4. The number of rotatable bonds is 4. The van der Waals surface area contributed by atoms with Gasteiger partial charge < -0.3 is 14.7 Å². The highest BCUT2D eigenvalue weighted by Gasteiger charge is 2.38. The topological polar surface area (TPSA) is 32.7 Å². The number of ether oxygens (including phenoxy) is 1. The van der Waals surface area contributed by atoms with E-state index in [1.165, 1.54) is 0 Å². The molecule has 0 radical (unpaired) electrons. The number of hydrogen-bond donors (Lipinski definition) is 1. The molecule has 1 fully saturated rings. The number of nitrogens with zero attached hydrogens (tertiary/aromatic N) is 1. The van der Waals surface area contributed by atoms with Crippen LogP contribution < -0.4 is 4.74 Å². The maximum Gasteiger partial charge on any atom is 0.125 e. The van der Waals surface area contributed by atoms with Gasteiger partial charge in [-0.2, -0.15) is 0 Å². The van der Waals surface area contributed by atoms with E-state index in [1.54, 1.807) is 0 Å². The number of benzene rings is 1. The van der Waals surface area contributed by atoms with Crippen LogP contribution in [0.25, 0.3) is 0 Å². The number of piperidine rings is 1. The second-order valence-electron chi connectivity index (χ2n) is 5.66. The van der Waals surface area contributed by atoms with Crippen LogP contribution in [-0.2, 0) is 5.60 Å². The predicted molar refractivity (Wildman–Crippen MR) is 77.5 cm³/mol. The van der Waals surface area contributed by atoms with Crippen molar-refractivity contribution >= 4 is 0 Å². The Labute approximate surface area is 116 Å². The first-order valence-corrected chi connectivity index (χ1v) is 7.22. The molecular formula is C16H25NO2. The van der Waals surface area contributed by atoms with Gasteiger partial charge in [-0.25, -0.2) is 0 Å². The van der Waals surface area contributed by atoms with Crippen molar-refractivity contribution in [2.45, 2.75) is 44.8 Å². The largest absolute Gasteiger partial charge is 0.493 e. The summed E-state index contributed by atoms with van der Waals surface area (Å²) in [6.07, 6.45) is 2.50. The number of likely N-dealkylation sites (tertiary alicyclic amines) is 1. The van der Waals surface area contributed by atoms with Crippen molar-refractivity contribution in [2.75, 3.05) is 20.2 Å². The lowest BCUT2D eigenvalue weighted by atomic mass is 9.81. The molecule has 0 aliphatic carbocycles. The summed E-state index contributed by atoms with van der Waals surface area (Å²) in [6, 6.07) is 8.30. The Hall–Kier alpha value is -1.06. The fourth-order valence-corrected chi connectivity index (χ4v) is 2.76. The molecule has 1 aliphatic rings. The van der Waals surface area contributed by atoms with Gasteiger partial charge in [0.1, 0.15) is 5.75 Å². The third-order valence-electron chi connectivity index (χ3n) is 4.11. The highest BCUT2D eigenvalue weighted by atomic mass is 16.5. The quantitative estimate of drug-likeness (QED) is 0.906. The summed E-state index contributed by atoms with van der Waals surface area (Å²) < 4.78 is 5.79. The van der Waals surface area contributed by atoms with E-state index in [1.807, 2.05) is 24.3 Å². The lowest BCUT2D eigenvalue weighted by molar-refractivity contribution is -0.0425. The van der Waals surface area contributed by atoms with Crippen LogP contribution in [-0.4, -0.2) is 36.2 Å². The van der Waals surface area contributed by atoms with E-state index in [-0.39, 0.29) is 0 Å². The molecule has 3 nitrogen and oxygen atoms in total. The molecule has 1 aromatic carbocycles. The van der Waals surface area contributed by atoms with E-state index in [2.05, 4.69) is 25.8 Å². The number of hydrogen-bond acceptors (Lipinski definition) is 3. The number of para-hydroxylation sites is 1. The Balaban J connectivity index is 2.25. The molecule has 19 heavy (non-hydrogen) atoms. The minimum absolute atomic E-state index is 0.387. The fraction of sp³-hybridized carbons (Fsp3) is 0.625. The standard InChI is InChI=1S/C16H25NO2/c1-4-11-19-15-8-6-5-7-14(15)16(18)9-10-17(3)13(2)12-16/h5-8,13,18H,4,9-12H2,1-3H3. The van der Waals surface area contributed by atoms with Gasteiger partial charge in [0.05, 0.1) is 12.2 Å². The van der Waals surface area contributed by atoms with Crippen molar-refractivity contribution in [1.82, 2.24) is 4.90 Å². The average Bonchev–Trinajstić information content (AvgIpc) is 2.41. The van der Waals surface area contributed by atoms with Crippen LogP contribution in [0.1, 0.15) is 38.7 Å². The summed E-state index contributed by atoms with van der Waals surface area (Å²) in [5.74, 6) is 0.837. The van der Waals surface area contributed by atoms with Gasteiger partial charge in [0.2, 0.25) is 0 Å². The molecule has 1 aromatic rings. The Bertz CT molecular complexity index is 421. The molecule has 0 saturated carbocycles. The van der Waals surface area contributed by atoms with Gasteiger partial charge >= 0.3 is 0 Å². The molecule has 1 heterocycles. The van der Waals surface area contributed by atoms with Crippen molar-refractivity contribution in [3.05, 3.63) is 29.8 Å². The summed E-state index contributed by atoms with van der Waals surface area (Å²) in [4.78, 5) is 2.30. The molecule has 2 atom stereocenters. The highest BCUT2D eigenvalue weighted by Crippen LogP contribution is 2.39. The molecule has 1 N–H and O–H groups in total. The van der Waals surface area contributed by atoms with Crippen LogP contribution >= 0.6 is 0 Å². The van der Waals surface area contributed by atoms with Gasteiger partial charge in [-0.15, -0.1) is 0 Å². The Morgan fingerprint density at radius 3 is 2.84 bits per heavy atom. The third-order valence-corrected chi connectivity index (χ3v) is 4.11. The minimum atomic E-state index is -0.754. The van der Waals surface area contributed by atoms with Gasteiger partial charge in [-0.3, -0.25) is 0 Å². The molecule has 3 heteroatoms. The van der Waals surface area contributed by atoms with Gasteiger partial charge in [-0.1, -0.05) is 25.1 Å². The minimum Gasteiger partial charge on any atom is -0.493 e. The monoisotopic (exact) mass is 263 g/mol. The van der Waals surface area contributed by atoms with Crippen LogP contribution in [0.5, 0.6) is 5.75 Å². The zero-order chi connectivity index (χ0) is 13.9. The van der Waals surface area contributed by atoms with Gasteiger partial charge in [0.15, 0.2) is 0 Å². The average molecular weight is 263 g/mol. The molecule has 1 aliphatic heterocycles. The van der Waals surface area contributed by atoms with Crippen molar-refractivity contribution in [1.29, 1.82) is 0 Å². The summed E-state index contributed by atoms with van der Waals surface area (Å²) in [6.45, 7) is 5.87. The molecule has 0 spiro atoms. The highest BCUT2D eigenvalue weighted by molar-refractivity contribution is 5.38.